The Morgan fingerprint density at radius 1 is 1.35 bits per heavy atom. The van der Waals surface area contributed by atoms with E-state index in [1.807, 2.05) is 32.4 Å². The number of halogens is 1. The molecule has 1 aromatic rings. The van der Waals surface area contributed by atoms with E-state index in [4.69, 9.17) is 16.3 Å². The summed E-state index contributed by atoms with van der Waals surface area (Å²) in [6.45, 7) is 3.23. The predicted octanol–water partition coefficient (Wildman–Crippen LogP) is 4.98. The third-order valence-electron chi connectivity index (χ3n) is 4.74. The number of rotatable bonds is 8. The summed E-state index contributed by atoms with van der Waals surface area (Å²) in [5.41, 5.74) is 3.84. The lowest BCUT2D eigenvalue weighted by Gasteiger charge is -2.38. The zero-order chi connectivity index (χ0) is 16.7. The fraction of sp³-hybridized carbons (Fsp3) is 0.579. The van der Waals surface area contributed by atoms with Crippen molar-refractivity contribution in [2.24, 2.45) is 0 Å². The SMILES string of the molecule is CCCC1(OC)CCC(CCNC)=C(Nc2cccc(Cl)c2)C1. The summed E-state index contributed by atoms with van der Waals surface area (Å²) >= 11 is 6.12. The van der Waals surface area contributed by atoms with Gasteiger partial charge in [0, 0.05) is 29.9 Å². The van der Waals surface area contributed by atoms with Crippen molar-refractivity contribution < 1.29 is 4.74 Å². The van der Waals surface area contributed by atoms with Crippen LogP contribution in [0.25, 0.3) is 0 Å². The van der Waals surface area contributed by atoms with Crippen molar-refractivity contribution in [2.75, 3.05) is 26.0 Å². The maximum atomic E-state index is 6.12. The molecule has 0 heterocycles. The highest BCUT2D eigenvalue weighted by Crippen LogP contribution is 2.39. The standard InChI is InChI=1S/C19H29ClN2O/c1-4-10-19(23-3)11-8-15(9-12-21-2)18(14-19)22-17-7-5-6-16(20)13-17/h5-7,13,21-22H,4,8-12,14H2,1-3H3. The molecule has 0 bridgehead atoms. The third-order valence-corrected chi connectivity index (χ3v) is 4.98. The van der Waals surface area contributed by atoms with Gasteiger partial charge in [-0.3, -0.25) is 0 Å². The molecule has 128 valence electrons. The summed E-state index contributed by atoms with van der Waals surface area (Å²) in [5, 5.41) is 7.63. The number of methoxy groups -OCH3 is 1. The van der Waals surface area contributed by atoms with Crippen LogP contribution in [0.1, 0.15) is 45.4 Å². The molecule has 0 saturated heterocycles. The van der Waals surface area contributed by atoms with Crippen LogP contribution in [0.5, 0.6) is 0 Å². The first-order chi connectivity index (χ1) is 11.1. The van der Waals surface area contributed by atoms with Gasteiger partial charge in [-0.15, -0.1) is 0 Å². The highest BCUT2D eigenvalue weighted by molar-refractivity contribution is 6.30. The maximum absolute atomic E-state index is 6.12. The van der Waals surface area contributed by atoms with Crippen molar-refractivity contribution in [2.45, 2.75) is 51.0 Å². The highest BCUT2D eigenvalue weighted by atomic mass is 35.5. The van der Waals surface area contributed by atoms with Gasteiger partial charge in [-0.05, 0) is 63.0 Å². The van der Waals surface area contributed by atoms with Gasteiger partial charge in [0.05, 0.1) is 5.60 Å². The van der Waals surface area contributed by atoms with Crippen LogP contribution in [0.2, 0.25) is 5.02 Å². The van der Waals surface area contributed by atoms with Gasteiger partial charge in [0.15, 0.2) is 0 Å². The second kappa shape index (κ2) is 8.72. The molecule has 1 unspecified atom stereocenters. The number of hydrogen-bond donors (Lipinski definition) is 2. The van der Waals surface area contributed by atoms with Gasteiger partial charge in [0.1, 0.15) is 0 Å². The van der Waals surface area contributed by atoms with E-state index < -0.39 is 0 Å². The molecule has 0 aliphatic heterocycles. The van der Waals surface area contributed by atoms with E-state index >= 15 is 0 Å². The molecule has 0 fully saturated rings. The number of nitrogens with one attached hydrogen (secondary N) is 2. The monoisotopic (exact) mass is 336 g/mol. The lowest BCUT2D eigenvalue weighted by atomic mass is 9.79. The zero-order valence-electron chi connectivity index (χ0n) is 14.5. The second-order valence-corrected chi connectivity index (χ2v) is 6.82. The molecule has 1 aromatic carbocycles. The van der Waals surface area contributed by atoms with Crippen LogP contribution >= 0.6 is 11.6 Å². The summed E-state index contributed by atoms with van der Waals surface area (Å²) < 4.78 is 5.95. The van der Waals surface area contributed by atoms with Crippen LogP contribution in [0, 0.1) is 0 Å². The lowest BCUT2D eigenvalue weighted by Crippen LogP contribution is -2.36. The minimum Gasteiger partial charge on any atom is -0.378 e. The van der Waals surface area contributed by atoms with Gasteiger partial charge < -0.3 is 15.4 Å². The number of ether oxygens (including phenoxy) is 1. The topological polar surface area (TPSA) is 33.3 Å². The second-order valence-electron chi connectivity index (χ2n) is 6.38. The Hall–Kier alpha value is -1.03. The Bertz CT molecular complexity index is 544. The molecular formula is C19H29ClN2O. The fourth-order valence-corrected chi connectivity index (χ4v) is 3.63. The van der Waals surface area contributed by atoms with Gasteiger partial charge in [-0.1, -0.05) is 31.0 Å². The van der Waals surface area contributed by atoms with E-state index in [9.17, 15) is 0 Å². The Labute approximate surface area is 145 Å². The molecule has 0 spiro atoms. The van der Waals surface area contributed by atoms with E-state index in [-0.39, 0.29) is 5.60 Å². The van der Waals surface area contributed by atoms with E-state index in [1.165, 1.54) is 11.3 Å². The lowest BCUT2D eigenvalue weighted by molar-refractivity contribution is -0.0284. The van der Waals surface area contributed by atoms with Gasteiger partial charge in [-0.2, -0.15) is 0 Å². The van der Waals surface area contributed by atoms with Crippen LogP contribution in [-0.2, 0) is 4.74 Å². The van der Waals surface area contributed by atoms with E-state index in [0.717, 1.165) is 55.8 Å². The molecule has 2 N–H and O–H groups in total. The van der Waals surface area contributed by atoms with Gasteiger partial charge in [0.25, 0.3) is 0 Å². The molecule has 0 amide bonds. The molecule has 0 saturated carbocycles. The van der Waals surface area contributed by atoms with E-state index in [2.05, 4.69) is 23.6 Å². The minimum absolute atomic E-state index is 0.0290. The molecule has 4 heteroatoms. The average Bonchev–Trinajstić information content (AvgIpc) is 2.54. The average molecular weight is 337 g/mol. The van der Waals surface area contributed by atoms with Crippen LogP contribution in [0.4, 0.5) is 5.69 Å². The Morgan fingerprint density at radius 2 is 2.17 bits per heavy atom. The minimum atomic E-state index is -0.0290. The molecule has 1 atom stereocenters. The van der Waals surface area contributed by atoms with Gasteiger partial charge >= 0.3 is 0 Å². The van der Waals surface area contributed by atoms with Gasteiger partial charge in [-0.25, -0.2) is 0 Å². The van der Waals surface area contributed by atoms with E-state index in [1.54, 1.807) is 0 Å². The third kappa shape index (κ3) is 4.97. The van der Waals surface area contributed by atoms with Crippen molar-refractivity contribution in [1.82, 2.24) is 5.32 Å². The summed E-state index contributed by atoms with van der Waals surface area (Å²) in [5.74, 6) is 0. The molecule has 1 aliphatic carbocycles. The van der Waals surface area contributed by atoms with E-state index in [0.29, 0.717) is 0 Å². The number of benzene rings is 1. The fourth-order valence-electron chi connectivity index (χ4n) is 3.44. The Kier molecular flexibility index (Phi) is 6.94. The summed E-state index contributed by atoms with van der Waals surface area (Å²) in [6, 6.07) is 7.93. The van der Waals surface area contributed by atoms with Crippen LogP contribution in [-0.4, -0.2) is 26.3 Å². The molecule has 0 radical (unpaired) electrons. The first-order valence-electron chi connectivity index (χ1n) is 8.55. The van der Waals surface area contributed by atoms with Gasteiger partial charge in [0.2, 0.25) is 0 Å². The molecule has 0 aromatic heterocycles. The largest absolute Gasteiger partial charge is 0.378 e. The number of anilines is 1. The highest BCUT2D eigenvalue weighted by Gasteiger charge is 2.34. The smallest absolute Gasteiger partial charge is 0.0736 e. The Morgan fingerprint density at radius 3 is 2.83 bits per heavy atom. The van der Waals surface area contributed by atoms with Crippen LogP contribution in [0.3, 0.4) is 0 Å². The van der Waals surface area contributed by atoms with Crippen molar-refractivity contribution in [3.63, 3.8) is 0 Å². The van der Waals surface area contributed by atoms with Crippen molar-refractivity contribution >= 4 is 17.3 Å². The van der Waals surface area contributed by atoms with Crippen LogP contribution in [0.15, 0.2) is 35.5 Å². The molecule has 1 aliphatic rings. The summed E-state index contributed by atoms with van der Waals surface area (Å²) in [6.07, 6.45) is 6.47. The maximum Gasteiger partial charge on any atom is 0.0736 e. The molecule has 23 heavy (non-hydrogen) atoms. The quantitative estimate of drug-likeness (QED) is 0.702. The first kappa shape index (κ1) is 18.3. The number of hydrogen-bond acceptors (Lipinski definition) is 3. The van der Waals surface area contributed by atoms with Crippen molar-refractivity contribution in [3.05, 3.63) is 40.6 Å². The van der Waals surface area contributed by atoms with Crippen molar-refractivity contribution in [1.29, 1.82) is 0 Å². The van der Waals surface area contributed by atoms with Crippen LogP contribution < -0.4 is 10.6 Å². The summed E-state index contributed by atoms with van der Waals surface area (Å²) in [4.78, 5) is 0. The normalized spacial score (nSPS) is 21.6. The zero-order valence-corrected chi connectivity index (χ0v) is 15.3. The molecule has 2 rings (SSSR count). The summed E-state index contributed by atoms with van der Waals surface area (Å²) in [7, 11) is 3.86. The molecule has 3 nitrogen and oxygen atoms in total. The predicted molar refractivity (Wildman–Crippen MR) is 99.1 cm³/mol. The van der Waals surface area contributed by atoms with Crippen molar-refractivity contribution in [3.8, 4) is 0 Å². The first-order valence-corrected chi connectivity index (χ1v) is 8.93. The Balaban J connectivity index is 2.23. The molecular weight excluding hydrogens is 308 g/mol.